The second-order valence-corrected chi connectivity index (χ2v) is 10.4. The first-order valence-electron chi connectivity index (χ1n) is 12.7. The molecule has 5 rings (SSSR count). The Kier molecular flexibility index (Phi) is 7.71. The number of ketones is 3. The Morgan fingerprint density at radius 3 is 1.70 bits per heavy atom. The smallest absolute Gasteiger partial charge is 0.193 e. The highest BCUT2D eigenvalue weighted by Crippen LogP contribution is 2.21. The van der Waals surface area contributed by atoms with E-state index >= 15 is 0 Å². The Balaban J connectivity index is 1.18. The number of Topliss-reactive ketones (excluding diaryl/α,β-unsaturated/α-hetero) is 2. The van der Waals surface area contributed by atoms with E-state index in [1.54, 1.807) is 24.3 Å². The molecule has 1 saturated heterocycles. The first-order valence-corrected chi connectivity index (χ1v) is 13.6. The molecule has 4 aromatic rings. The minimum Gasteiger partial charge on any atom is -0.372 e. The molecule has 5 heteroatoms. The van der Waals surface area contributed by atoms with Gasteiger partial charge in [-0.05, 0) is 66.1 Å². The molecule has 186 valence electrons. The molecule has 1 aliphatic rings. The molecule has 2 heterocycles. The van der Waals surface area contributed by atoms with Crippen molar-refractivity contribution in [1.29, 1.82) is 0 Å². The van der Waals surface area contributed by atoms with Crippen molar-refractivity contribution in [2.24, 2.45) is 0 Å². The Labute approximate surface area is 221 Å². The summed E-state index contributed by atoms with van der Waals surface area (Å²) in [5.74, 6) is 0.0661. The van der Waals surface area contributed by atoms with Crippen molar-refractivity contribution >= 4 is 34.4 Å². The maximum absolute atomic E-state index is 12.9. The van der Waals surface area contributed by atoms with Crippen LogP contribution in [0.4, 0.5) is 5.69 Å². The lowest BCUT2D eigenvalue weighted by atomic mass is 9.97. The van der Waals surface area contributed by atoms with Crippen LogP contribution in [0.2, 0.25) is 0 Å². The molecule has 1 aromatic heterocycles. The van der Waals surface area contributed by atoms with Gasteiger partial charge in [-0.15, -0.1) is 11.3 Å². The first kappa shape index (κ1) is 24.8. The predicted molar refractivity (Wildman–Crippen MR) is 149 cm³/mol. The van der Waals surface area contributed by atoms with Crippen molar-refractivity contribution in [2.45, 2.75) is 32.1 Å². The van der Waals surface area contributed by atoms with Crippen LogP contribution in [0.15, 0.2) is 90.3 Å². The molecule has 0 spiro atoms. The van der Waals surface area contributed by atoms with Crippen LogP contribution in [0.3, 0.4) is 0 Å². The number of piperidine rings is 1. The molecule has 0 radical (unpaired) electrons. The van der Waals surface area contributed by atoms with Crippen LogP contribution in [-0.2, 0) is 12.8 Å². The van der Waals surface area contributed by atoms with E-state index in [2.05, 4.69) is 4.90 Å². The van der Waals surface area contributed by atoms with Gasteiger partial charge >= 0.3 is 0 Å². The normalized spacial score (nSPS) is 13.4. The minimum absolute atomic E-state index is 0.0666. The third-order valence-corrected chi connectivity index (χ3v) is 7.78. The van der Waals surface area contributed by atoms with Crippen molar-refractivity contribution in [3.05, 3.63) is 123 Å². The molecule has 0 N–H and O–H groups in total. The number of anilines is 1. The fourth-order valence-electron chi connectivity index (χ4n) is 4.72. The van der Waals surface area contributed by atoms with Gasteiger partial charge in [0, 0.05) is 48.3 Å². The van der Waals surface area contributed by atoms with Crippen LogP contribution in [0.25, 0.3) is 0 Å². The van der Waals surface area contributed by atoms with Crippen molar-refractivity contribution < 1.29 is 14.4 Å². The van der Waals surface area contributed by atoms with Gasteiger partial charge in [0.05, 0.1) is 4.88 Å². The molecule has 4 nitrogen and oxygen atoms in total. The van der Waals surface area contributed by atoms with Gasteiger partial charge in [0.25, 0.3) is 0 Å². The molecule has 0 amide bonds. The molecule has 37 heavy (non-hydrogen) atoms. The van der Waals surface area contributed by atoms with Crippen LogP contribution in [0.1, 0.15) is 66.3 Å². The molecule has 0 aliphatic carbocycles. The van der Waals surface area contributed by atoms with Gasteiger partial charge in [0.15, 0.2) is 17.3 Å². The highest BCUT2D eigenvalue weighted by atomic mass is 32.1. The number of hydrogen-bond acceptors (Lipinski definition) is 5. The third-order valence-electron chi connectivity index (χ3n) is 6.87. The maximum atomic E-state index is 12.9. The number of hydrogen-bond donors (Lipinski definition) is 0. The van der Waals surface area contributed by atoms with E-state index in [0.717, 1.165) is 29.1 Å². The van der Waals surface area contributed by atoms with E-state index in [9.17, 15) is 14.4 Å². The molecular formula is C32H29NO3S. The lowest BCUT2D eigenvalue weighted by Crippen LogP contribution is -2.29. The van der Waals surface area contributed by atoms with Gasteiger partial charge in [-0.25, -0.2) is 0 Å². The number of thiophene rings is 1. The highest BCUT2D eigenvalue weighted by molar-refractivity contribution is 7.12. The first-order chi connectivity index (χ1) is 18.1. The van der Waals surface area contributed by atoms with Crippen LogP contribution < -0.4 is 4.90 Å². The zero-order valence-corrected chi connectivity index (χ0v) is 21.5. The largest absolute Gasteiger partial charge is 0.372 e. The number of carbonyl (C=O) groups is 3. The van der Waals surface area contributed by atoms with E-state index in [1.165, 1.54) is 36.3 Å². The Bertz CT molecular complexity index is 1370. The Hall–Kier alpha value is -3.83. The average molecular weight is 508 g/mol. The number of carbonyl (C=O) groups excluding carboxylic acids is 3. The summed E-state index contributed by atoms with van der Waals surface area (Å²) in [6.45, 7) is 2.16. The second kappa shape index (κ2) is 11.5. The summed E-state index contributed by atoms with van der Waals surface area (Å²) >= 11 is 1.44. The average Bonchev–Trinajstić information content (AvgIpc) is 3.50. The summed E-state index contributed by atoms with van der Waals surface area (Å²) in [5.41, 5.74) is 4.80. The van der Waals surface area contributed by atoms with Crippen molar-refractivity contribution in [1.82, 2.24) is 0 Å². The molecule has 0 atom stereocenters. The summed E-state index contributed by atoms with van der Waals surface area (Å²) in [5, 5.41) is 1.89. The zero-order valence-electron chi connectivity index (χ0n) is 20.7. The third kappa shape index (κ3) is 6.12. The molecule has 1 fully saturated rings. The molecular weight excluding hydrogens is 478 g/mol. The predicted octanol–water partition coefficient (Wildman–Crippen LogP) is 6.82. The Morgan fingerprint density at radius 2 is 1.16 bits per heavy atom. The summed E-state index contributed by atoms with van der Waals surface area (Å²) in [7, 11) is 0. The van der Waals surface area contributed by atoms with Gasteiger partial charge in [-0.2, -0.15) is 0 Å². The van der Waals surface area contributed by atoms with Gasteiger partial charge < -0.3 is 4.90 Å². The number of rotatable bonds is 9. The van der Waals surface area contributed by atoms with Crippen LogP contribution >= 0.6 is 11.3 Å². The molecule has 1 aliphatic heterocycles. The lowest BCUT2D eigenvalue weighted by Gasteiger charge is -2.28. The van der Waals surface area contributed by atoms with Gasteiger partial charge in [-0.3, -0.25) is 14.4 Å². The fourth-order valence-corrected chi connectivity index (χ4v) is 5.39. The van der Waals surface area contributed by atoms with E-state index in [4.69, 9.17) is 0 Å². The fraction of sp³-hybridized carbons (Fsp3) is 0.219. The van der Waals surface area contributed by atoms with Gasteiger partial charge in [-0.1, -0.05) is 54.6 Å². The SMILES string of the molecule is O=C(Cc1ccc(C(=O)c2ccc(CC(=O)c3cccs3)cc2)cc1)c1ccc(N2CCCCC2)cc1. The number of benzene rings is 3. The topological polar surface area (TPSA) is 54.5 Å². The maximum Gasteiger partial charge on any atom is 0.193 e. The second-order valence-electron chi connectivity index (χ2n) is 9.49. The van der Waals surface area contributed by atoms with Gasteiger partial charge in [0.2, 0.25) is 0 Å². The van der Waals surface area contributed by atoms with E-state index < -0.39 is 0 Å². The van der Waals surface area contributed by atoms with Crippen LogP contribution in [-0.4, -0.2) is 30.4 Å². The molecule has 3 aromatic carbocycles. The summed E-state index contributed by atoms with van der Waals surface area (Å²) in [4.78, 5) is 41.2. The standard InChI is InChI=1S/C32H29NO3S/c34-29(25-14-16-28(17-15-25)33-18-2-1-3-19-33)21-23-6-10-26(11-7-23)32(36)27-12-8-24(9-13-27)22-30(35)31-5-4-20-37-31/h4-17,20H,1-3,18-19,21-22H2. The quantitative estimate of drug-likeness (QED) is 0.233. The lowest BCUT2D eigenvalue weighted by molar-refractivity contribution is 0.0986. The van der Waals surface area contributed by atoms with Crippen molar-refractivity contribution in [3.8, 4) is 0 Å². The van der Waals surface area contributed by atoms with Crippen molar-refractivity contribution in [3.63, 3.8) is 0 Å². The summed E-state index contributed by atoms with van der Waals surface area (Å²) in [6.07, 6.45) is 4.36. The Morgan fingerprint density at radius 1 is 0.622 bits per heavy atom. The van der Waals surface area contributed by atoms with E-state index in [-0.39, 0.29) is 17.3 Å². The van der Waals surface area contributed by atoms with Gasteiger partial charge in [0.1, 0.15) is 0 Å². The van der Waals surface area contributed by atoms with E-state index in [1.807, 2.05) is 66.0 Å². The molecule has 0 bridgehead atoms. The van der Waals surface area contributed by atoms with Crippen LogP contribution in [0, 0.1) is 0 Å². The summed E-state index contributed by atoms with van der Waals surface area (Å²) < 4.78 is 0. The molecule has 0 unspecified atom stereocenters. The van der Waals surface area contributed by atoms with Crippen LogP contribution in [0.5, 0.6) is 0 Å². The molecule has 0 saturated carbocycles. The highest BCUT2D eigenvalue weighted by Gasteiger charge is 2.14. The minimum atomic E-state index is -0.0812. The number of nitrogens with zero attached hydrogens (tertiary/aromatic N) is 1. The van der Waals surface area contributed by atoms with E-state index in [0.29, 0.717) is 29.5 Å². The monoisotopic (exact) mass is 507 g/mol. The zero-order chi connectivity index (χ0) is 25.6. The summed E-state index contributed by atoms with van der Waals surface area (Å²) in [6, 6.07) is 26.1. The van der Waals surface area contributed by atoms with Crippen molar-refractivity contribution in [2.75, 3.05) is 18.0 Å².